The van der Waals surface area contributed by atoms with Crippen LogP contribution in [0.3, 0.4) is 0 Å². The van der Waals surface area contributed by atoms with Crippen molar-refractivity contribution in [2.45, 2.75) is 26.9 Å². The summed E-state index contributed by atoms with van der Waals surface area (Å²) in [5.41, 5.74) is 0.476. The largest absolute Gasteiger partial charge is 0.485 e. The Labute approximate surface area is 135 Å². The lowest BCUT2D eigenvalue weighted by Gasteiger charge is -2.10. The third-order valence-electron chi connectivity index (χ3n) is 3.01. The van der Waals surface area contributed by atoms with E-state index in [2.05, 4.69) is 15.5 Å². The molecule has 0 aliphatic rings. The van der Waals surface area contributed by atoms with Crippen LogP contribution in [0.5, 0.6) is 5.75 Å². The van der Waals surface area contributed by atoms with Crippen LogP contribution < -0.4 is 10.1 Å². The van der Waals surface area contributed by atoms with Gasteiger partial charge in [-0.1, -0.05) is 17.3 Å². The van der Waals surface area contributed by atoms with Gasteiger partial charge in [0.1, 0.15) is 5.75 Å². The summed E-state index contributed by atoms with van der Waals surface area (Å²) in [7, 11) is 0. The van der Waals surface area contributed by atoms with E-state index in [0.717, 1.165) is 6.42 Å². The maximum atomic E-state index is 12.2. The maximum Gasteiger partial charge on any atom is 0.255 e. The fourth-order valence-corrected chi connectivity index (χ4v) is 1.94. The number of carbonyl (C=O) groups is 1. The van der Waals surface area contributed by atoms with Crippen molar-refractivity contribution in [3.63, 3.8) is 0 Å². The number of aromatic nitrogens is 2. The first-order valence-corrected chi connectivity index (χ1v) is 7.57. The molecule has 0 bridgehead atoms. The van der Waals surface area contributed by atoms with E-state index >= 15 is 0 Å². The summed E-state index contributed by atoms with van der Waals surface area (Å²) in [4.78, 5) is 16.3. The summed E-state index contributed by atoms with van der Waals surface area (Å²) in [6, 6.07) is 7.06. The van der Waals surface area contributed by atoms with Gasteiger partial charge < -0.3 is 19.3 Å². The fraction of sp³-hybridized carbons (Fsp3) is 0.438. The van der Waals surface area contributed by atoms with Gasteiger partial charge in [0, 0.05) is 26.7 Å². The van der Waals surface area contributed by atoms with Crippen LogP contribution in [0.15, 0.2) is 28.8 Å². The van der Waals surface area contributed by atoms with Gasteiger partial charge in [0.15, 0.2) is 6.61 Å². The molecule has 1 amide bonds. The molecule has 2 rings (SSSR count). The molecule has 0 fully saturated rings. The lowest BCUT2D eigenvalue weighted by Crippen LogP contribution is -2.25. The van der Waals surface area contributed by atoms with E-state index in [1.165, 1.54) is 0 Å². The standard InChI is InChI=1S/C16H21N3O4/c1-3-21-10-6-9-17-16(20)13-7-4-5-8-14(13)22-11-15-18-12(2)23-19-15/h4-5,7-8H,3,6,9-11H2,1-2H3,(H,17,20). The van der Waals surface area contributed by atoms with Crippen LogP contribution in [0, 0.1) is 6.92 Å². The molecule has 1 heterocycles. The summed E-state index contributed by atoms with van der Waals surface area (Å²) < 4.78 is 15.8. The summed E-state index contributed by atoms with van der Waals surface area (Å²) in [5.74, 6) is 1.22. The highest BCUT2D eigenvalue weighted by Crippen LogP contribution is 2.18. The monoisotopic (exact) mass is 319 g/mol. The topological polar surface area (TPSA) is 86.5 Å². The van der Waals surface area contributed by atoms with Crippen LogP contribution in [-0.4, -0.2) is 35.8 Å². The number of ether oxygens (including phenoxy) is 2. The fourth-order valence-electron chi connectivity index (χ4n) is 1.94. The second-order valence-corrected chi connectivity index (χ2v) is 4.82. The predicted molar refractivity (Wildman–Crippen MR) is 83.3 cm³/mol. The Balaban J connectivity index is 1.89. The Morgan fingerprint density at radius 2 is 2.17 bits per heavy atom. The Morgan fingerprint density at radius 3 is 2.91 bits per heavy atom. The van der Waals surface area contributed by atoms with Crippen LogP contribution in [0.2, 0.25) is 0 Å². The number of nitrogens with zero attached hydrogens (tertiary/aromatic N) is 2. The number of amides is 1. The second kappa shape index (κ2) is 8.89. The molecule has 2 aromatic rings. The van der Waals surface area contributed by atoms with Crippen molar-refractivity contribution in [2.24, 2.45) is 0 Å². The molecule has 0 atom stereocenters. The van der Waals surface area contributed by atoms with E-state index in [4.69, 9.17) is 14.0 Å². The molecule has 0 saturated heterocycles. The van der Waals surface area contributed by atoms with Crippen molar-refractivity contribution in [1.29, 1.82) is 0 Å². The van der Waals surface area contributed by atoms with Gasteiger partial charge in [-0.25, -0.2) is 0 Å². The lowest BCUT2D eigenvalue weighted by atomic mass is 10.2. The first-order valence-electron chi connectivity index (χ1n) is 7.57. The molecule has 1 aromatic heterocycles. The van der Waals surface area contributed by atoms with Gasteiger partial charge in [0.05, 0.1) is 5.56 Å². The van der Waals surface area contributed by atoms with Crippen LogP contribution in [0.4, 0.5) is 0 Å². The number of carbonyl (C=O) groups excluding carboxylic acids is 1. The molecule has 0 aliphatic heterocycles. The highest BCUT2D eigenvalue weighted by atomic mass is 16.5. The molecule has 7 heteroatoms. The minimum atomic E-state index is -0.179. The van der Waals surface area contributed by atoms with Crippen LogP contribution in [0.1, 0.15) is 35.4 Å². The third kappa shape index (κ3) is 5.37. The molecule has 7 nitrogen and oxygen atoms in total. The molecule has 0 aliphatic carbocycles. The van der Waals surface area contributed by atoms with E-state index in [-0.39, 0.29) is 12.5 Å². The number of hydrogen-bond donors (Lipinski definition) is 1. The number of benzene rings is 1. The van der Waals surface area contributed by atoms with Gasteiger partial charge in [-0.05, 0) is 25.5 Å². The smallest absolute Gasteiger partial charge is 0.255 e. The van der Waals surface area contributed by atoms with E-state index < -0.39 is 0 Å². The number of rotatable bonds is 9. The molecule has 0 unspecified atom stereocenters. The Bertz CT molecular complexity index is 627. The minimum absolute atomic E-state index is 0.145. The van der Waals surface area contributed by atoms with Crippen molar-refractivity contribution < 1.29 is 18.8 Å². The number of aryl methyl sites for hydroxylation is 1. The molecule has 1 aromatic carbocycles. The van der Waals surface area contributed by atoms with E-state index in [0.29, 0.717) is 42.8 Å². The van der Waals surface area contributed by atoms with Crippen LogP contribution in [-0.2, 0) is 11.3 Å². The molecular formula is C16H21N3O4. The maximum absolute atomic E-state index is 12.2. The van der Waals surface area contributed by atoms with Gasteiger partial charge in [-0.3, -0.25) is 4.79 Å². The predicted octanol–water partition coefficient (Wildman–Crippen LogP) is 2.11. The zero-order chi connectivity index (χ0) is 16.5. The average molecular weight is 319 g/mol. The second-order valence-electron chi connectivity index (χ2n) is 4.82. The molecule has 23 heavy (non-hydrogen) atoms. The minimum Gasteiger partial charge on any atom is -0.485 e. The average Bonchev–Trinajstić information content (AvgIpc) is 2.98. The quantitative estimate of drug-likeness (QED) is 0.712. The molecule has 0 saturated carbocycles. The first-order chi connectivity index (χ1) is 11.2. The van der Waals surface area contributed by atoms with Crippen LogP contribution in [0.25, 0.3) is 0 Å². The van der Waals surface area contributed by atoms with Crippen molar-refractivity contribution >= 4 is 5.91 Å². The van der Waals surface area contributed by atoms with Crippen molar-refractivity contribution in [2.75, 3.05) is 19.8 Å². The number of para-hydroxylation sites is 1. The van der Waals surface area contributed by atoms with Crippen molar-refractivity contribution in [1.82, 2.24) is 15.5 Å². The molecule has 0 spiro atoms. The van der Waals surface area contributed by atoms with E-state index in [1.54, 1.807) is 25.1 Å². The zero-order valence-electron chi connectivity index (χ0n) is 13.4. The summed E-state index contributed by atoms with van der Waals surface area (Å²) in [6.07, 6.45) is 0.769. The molecular weight excluding hydrogens is 298 g/mol. The van der Waals surface area contributed by atoms with E-state index in [9.17, 15) is 4.79 Å². The Morgan fingerprint density at radius 1 is 1.35 bits per heavy atom. The first kappa shape index (κ1) is 17.0. The van der Waals surface area contributed by atoms with Gasteiger partial charge in [-0.2, -0.15) is 4.98 Å². The summed E-state index contributed by atoms with van der Waals surface area (Å²) in [5, 5.41) is 6.61. The lowest BCUT2D eigenvalue weighted by molar-refractivity contribution is 0.0939. The van der Waals surface area contributed by atoms with Crippen LogP contribution >= 0.6 is 0 Å². The molecule has 0 radical (unpaired) electrons. The summed E-state index contributed by atoms with van der Waals surface area (Å²) in [6.45, 7) is 5.66. The summed E-state index contributed by atoms with van der Waals surface area (Å²) >= 11 is 0. The van der Waals surface area contributed by atoms with Gasteiger partial charge in [0.25, 0.3) is 5.91 Å². The number of nitrogens with one attached hydrogen (secondary N) is 1. The Kier molecular flexibility index (Phi) is 6.56. The van der Waals surface area contributed by atoms with E-state index in [1.807, 2.05) is 13.0 Å². The van der Waals surface area contributed by atoms with Gasteiger partial charge in [-0.15, -0.1) is 0 Å². The highest BCUT2D eigenvalue weighted by molar-refractivity contribution is 5.96. The number of hydrogen-bond acceptors (Lipinski definition) is 6. The molecule has 1 N–H and O–H groups in total. The third-order valence-corrected chi connectivity index (χ3v) is 3.01. The SMILES string of the molecule is CCOCCCNC(=O)c1ccccc1OCc1noc(C)n1. The van der Waals surface area contributed by atoms with Crippen molar-refractivity contribution in [3.05, 3.63) is 41.5 Å². The zero-order valence-corrected chi connectivity index (χ0v) is 13.4. The van der Waals surface area contributed by atoms with Crippen molar-refractivity contribution in [3.8, 4) is 5.75 Å². The highest BCUT2D eigenvalue weighted by Gasteiger charge is 2.12. The normalized spacial score (nSPS) is 10.5. The van der Waals surface area contributed by atoms with Gasteiger partial charge in [0.2, 0.25) is 11.7 Å². The molecule has 124 valence electrons. The van der Waals surface area contributed by atoms with Gasteiger partial charge >= 0.3 is 0 Å². The Hall–Kier alpha value is -2.41.